The molecule has 1 N–H and O–H groups in total. The third-order valence-electron chi connectivity index (χ3n) is 7.50. The minimum Gasteiger partial charge on any atom is -0.497 e. The van der Waals surface area contributed by atoms with E-state index in [2.05, 4.69) is 32.0 Å². The van der Waals surface area contributed by atoms with Crippen LogP contribution in [0.3, 0.4) is 0 Å². The van der Waals surface area contributed by atoms with E-state index in [0.717, 1.165) is 50.7 Å². The summed E-state index contributed by atoms with van der Waals surface area (Å²) in [7, 11) is 1.74. The number of allylic oxidation sites excluding steroid dienone is 2. The molecule has 1 saturated carbocycles. The molecule has 1 fully saturated rings. The number of aliphatic hydroxyl groups is 1. The van der Waals surface area contributed by atoms with Crippen molar-refractivity contribution < 1.29 is 9.84 Å². The molecule has 24 heavy (non-hydrogen) atoms. The molecule has 4 rings (SSSR count). The topological polar surface area (TPSA) is 29.5 Å². The van der Waals surface area contributed by atoms with Gasteiger partial charge >= 0.3 is 0 Å². The van der Waals surface area contributed by atoms with Crippen molar-refractivity contribution in [2.24, 2.45) is 11.3 Å². The van der Waals surface area contributed by atoms with Crippen LogP contribution in [0.2, 0.25) is 0 Å². The highest BCUT2D eigenvalue weighted by Crippen LogP contribution is 2.60. The van der Waals surface area contributed by atoms with E-state index < -0.39 is 5.60 Å². The van der Waals surface area contributed by atoms with Gasteiger partial charge in [-0.15, -0.1) is 0 Å². The van der Waals surface area contributed by atoms with Crippen LogP contribution in [-0.4, -0.2) is 17.8 Å². The monoisotopic (exact) mass is 326 g/mol. The molecule has 2 heteroatoms. The molecule has 3 aliphatic rings. The van der Waals surface area contributed by atoms with Gasteiger partial charge in [0.05, 0.1) is 12.7 Å². The number of hydrogen-bond acceptors (Lipinski definition) is 2. The summed E-state index contributed by atoms with van der Waals surface area (Å²) >= 11 is 0. The predicted molar refractivity (Wildman–Crippen MR) is 98.2 cm³/mol. The molecule has 130 valence electrons. The second-order valence-electron chi connectivity index (χ2n) is 8.27. The van der Waals surface area contributed by atoms with Gasteiger partial charge in [-0.2, -0.15) is 0 Å². The van der Waals surface area contributed by atoms with Gasteiger partial charge in [-0.1, -0.05) is 25.5 Å². The highest BCUT2D eigenvalue weighted by Gasteiger charge is 2.55. The molecule has 1 aromatic rings. The fourth-order valence-electron chi connectivity index (χ4n) is 5.93. The Balaban J connectivity index is 1.78. The summed E-state index contributed by atoms with van der Waals surface area (Å²) in [5.74, 6) is 1.53. The number of fused-ring (bicyclic) bond motifs is 4. The van der Waals surface area contributed by atoms with Gasteiger partial charge in [0.2, 0.25) is 0 Å². The first-order valence-electron chi connectivity index (χ1n) is 9.64. The fourth-order valence-corrected chi connectivity index (χ4v) is 5.93. The van der Waals surface area contributed by atoms with Crippen molar-refractivity contribution in [3.8, 4) is 5.75 Å². The van der Waals surface area contributed by atoms with Crippen molar-refractivity contribution in [1.82, 2.24) is 0 Å². The Labute approximate surface area is 145 Å². The molecule has 0 saturated heterocycles. The predicted octanol–water partition coefficient (Wildman–Crippen LogP) is 5.14. The van der Waals surface area contributed by atoms with E-state index >= 15 is 0 Å². The zero-order valence-electron chi connectivity index (χ0n) is 15.3. The lowest BCUT2D eigenvalue weighted by atomic mass is 9.50. The van der Waals surface area contributed by atoms with Gasteiger partial charge in [-0.25, -0.2) is 0 Å². The summed E-state index contributed by atoms with van der Waals surface area (Å²) in [4.78, 5) is 0. The van der Waals surface area contributed by atoms with E-state index in [4.69, 9.17) is 4.74 Å². The normalized spacial score (nSPS) is 35.1. The number of aryl methyl sites for hydroxylation is 1. The Bertz CT molecular complexity index is 689. The Morgan fingerprint density at radius 2 is 2.04 bits per heavy atom. The average molecular weight is 326 g/mol. The quantitative estimate of drug-likeness (QED) is 0.816. The van der Waals surface area contributed by atoms with Crippen molar-refractivity contribution in [3.63, 3.8) is 0 Å². The van der Waals surface area contributed by atoms with Crippen LogP contribution in [-0.2, 0) is 6.42 Å². The third kappa shape index (κ3) is 2.12. The SMILES string of the molecule is CCC1(O)CCCC2C3=C(CCC21C)c1ccc(OC)cc1CC3. The van der Waals surface area contributed by atoms with Crippen molar-refractivity contribution in [3.05, 3.63) is 34.9 Å². The molecular formula is C22H30O2. The van der Waals surface area contributed by atoms with Gasteiger partial charge < -0.3 is 9.84 Å². The number of benzene rings is 1. The van der Waals surface area contributed by atoms with Gasteiger partial charge in [0.1, 0.15) is 5.75 Å². The number of ether oxygens (including phenoxy) is 1. The van der Waals surface area contributed by atoms with E-state index in [0.29, 0.717) is 5.92 Å². The van der Waals surface area contributed by atoms with Crippen LogP contribution in [0, 0.1) is 11.3 Å². The number of rotatable bonds is 2. The van der Waals surface area contributed by atoms with Gasteiger partial charge in [0, 0.05) is 5.41 Å². The van der Waals surface area contributed by atoms with Crippen molar-refractivity contribution in [2.45, 2.75) is 70.8 Å². The molecule has 1 aromatic carbocycles. The van der Waals surface area contributed by atoms with Crippen LogP contribution < -0.4 is 4.74 Å². The lowest BCUT2D eigenvalue weighted by Gasteiger charge is -2.57. The second-order valence-corrected chi connectivity index (χ2v) is 8.27. The van der Waals surface area contributed by atoms with E-state index in [1.54, 1.807) is 18.3 Å². The zero-order chi connectivity index (χ0) is 16.9. The standard InChI is InChI=1S/C22H30O2/c1-4-22(23)12-5-6-20-19-9-7-15-14-16(24-3)8-10-17(15)18(19)11-13-21(20,22)2/h8,10,14,20,23H,4-7,9,11-13H2,1-3H3. The zero-order valence-corrected chi connectivity index (χ0v) is 15.3. The average Bonchev–Trinajstić information content (AvgIpc) is 2.61. The number of hydrogen-bond donors (Lipinski definition) is 1. The van der Waals surface area contributed by atoms with Gasteiger partial charge in [-0.3, -0.25) is 0 Å². The lowest BCUT2D eigenvalue weighted by molar-refractivity contribution is -0.136. The van der Waals surface area contributed by atoms with Crippen LogP contribution in [0.25, 0.3) is 5.57 Å². The van der Waals surface area contributed by atoms with Crippen molar-refractivity contribution in [1.29, 1.82) is 0 Å². The molecule has 0 amide bonds. The van der Waals surface area contributed by atoms with Gasteiger partial charge in [0.15, 0.2) is 0 Å². The first kappa shape index (κ1) is 16.2. The molecule has 0 aromatic heterocycles. The molecule has 0 heterocycles. The molecular weight excluding hydrogens is 296 g/mol. The smallest absolute Gasteiger partial charge is 0.119 e. The van der Waals surface area contributed by atoms with E-state index in [1.807, 2.05) is 0 Å². The van der Waals surface area contributed by atoms with Crippen LogP contribution in [0.5, 0.6) is 5.75 Å². The minimum absolute atomic E-state index is 0.0583. The summed E-state index contributed by atoms with van der Waals surface area (Å²) in [5, 5.41) is 11.3. The van der Waals surface area contributed by atoms with Gasteiger partial charge in [-0.05, 0) is 86.1 Å². The third-order valence-corrected chi connectivity index (χ3v) is 7.50. The summed E-state index contributed by atoms with van der Waals surface area (Å²) in [5.41, 5.74) is 5.72. The van der Waals surface area contributed by atoms with E-state index in [9.17, 15) is 5.11 Å². The first-order valence-corrected chi connectivity index (χ1v) is 9.64. The van der Waals surface area contributed by atoms with Crippen LogP contribution in [0.1, 0.15) is 69.9 Å². The molecule has 2 nitrogen and oxygen atoms in total. The molecule has 3 unspecified atom stereocenters. The second kappa shape index (κ2) is 5.62. The maximum Gasteiger partial charge on any atom is 0.119 e. The lowest BCUT2D eigenvalue weighted by Crippen LogP contribution is -2.55. The Kier molecular flexibility index (Phi) is 3.80. The highest BCUT2D eigenvalue weighted by molar-refractivity contribution is 5.75. The fraction of sp³-hybridized carbons (Fsp3) is 0.636. The van der Waals surface area contributed by atoms with Gasteiger partial charge in [0.25, 0.3) is 0 Å². The number of methoxy groups -OCH3 is 1. The first-order chi connectivity index (χ1) is 11.5. The van der Waals surface area contributed by atoms with Crippen molar-refractivity contribution in [2.75, 3.05) is 7.11 Å². The molecule has 0 bridgehead atoms. The minimum atomic E-state index is -0.478. The van der Waals surface area contributed by atoms with E-state index in [1.165, 1.54) is 17.5 Å². The Hall–Kier alpha value is -1.28. The van der Waals surface area contributed by atoms with Crippen LogP contribution in [0.15, 0.2) is 23.8 Å². The largest absolute Gasteiger partial charge is 0.497 e. The molecule has 0 spiro atoms. The van der Waals surface area contributed by atoms with Crippen LogP contribution >= 0.6 is 0 Å². The molecule has 0 radical (unpaired) electrons. The van der Waals surface area contributed by atoms with E-state index in [-0.39, 0.29) is 5.41 Å². The summed E-state index contributed by atoms with van der Waals surface area (Å²) < 4.78 is 5.41. The van der Waals surface area contributed by atoms with Crippen molar-refractivity contribution >= 4 is 5.57 Å². The summed E-state index contributed by atoms with van der Waals surface area (Å²) in [6.45, 7) is 4.54. The Morgan fingerprint density at radius 1 is 1.21 bits per heavy atom. The molecule has 0 aliphatic heterocycles. The molecule has 3 atom stereocenters. The Morgan fingerprint density at radius 3 is 2.79 bits per heavy atom. The summed E-state index contributed by atoms with van der Waals surface area (Å²) in [6, 6.07) is 6.59. The van der Waals surface area contributed by atoms with Crippen LogP contribution in [0.4, 0.5) is 0 Å². The maximum atomic E-state index is 11.3. The summed E-state index contributed by atoms with van der Waals surface area (Å²) in [6.07, 6.45) is 8.79. The molecule has 3 aliphatic carbocycles. The highest BCUT2D eigenvalue weighted by atomic mass is 16.5. The maximum absolute atomic E-state index is 11.3.